The van der Waals surface area contributed by atoms with E-state index >= 15 is 0 Å². The van der Waals surface area contributed by atoms with Crippen LogP contribution in [0.25, 0.3) is 0 Å². The number of nitrogens with zero attached hydrogens (tertiary/aromatic N) is 6. The van der Waals surface area contributed by atoms with Crippen LogP contribution < -0.4 is 0 Å². The van der Waals surface area contributed by atoms with Gasteiger partial charge < -0.3 is 14.5 Å². The van der Waals surface area contributed by atoms with E-state index < -0.39 is 10.2 Å². The minimum Gasteiger partial charge on any atom is -0.412 e. The van der Waals surface area contributed by atoms with Crippen molar-refractivity contribution in [1.82, 2.24) is 19.7 Å². The second-order valence-corrected chi connectivity index (χ2v) is 4.25. The van der Waals surface area contributed by atoms with Crippen LogP contribution in [-0.4, -0.2) is 24.7 Å². The second-order valence-electron chi connectivity index (χ2n) is 3.63. The summed E-state index contributed by atoms with van der Waals surface area (Å²) in [5.41, 5.74) is 0. The first-order valence-corrected chi connectivity index (χ1v) is 5.61. The molecular formula is C9H8N6O3S. The zero-order chi connectivity index (χ0) is 14.0. The topological polar surface area (TPSA) is 124 Å². The lowest BCUT2D eigenvalue weighted by atomic mass is 10.3. The van der Waals surface area contributed by atoms with Crippen molar-refractivity contribution in [3.63, 3.8) is 0 Å². The highest BCUT2D eigenvalue weighted by Crippen LogP contribution is 2.24. The SMILES string of the molecule is Cn1c([N+](=O)[O-])cnc1CC(S)c1nnc(C#N)o1. The summed E-state index contributed by atoms with van der Waals surface area (Å²) in [5, 5.41) is 25.9. The molecule has 2 aromatic rings. The maximum atomic E-state index is 10.7. The van der Waals surface area contributed by atoms with Gasteiger partial charge in [-0.15, -0.1) is 5.10 Å². The first-order chi connectivity index (χ1) is 9.02. The van der Waals surface area contributed by atoms with Gasteiger partial charge in [0.25, 0.3) is 0 Å². The average molecular weight is 280 g/mol. The van der Waals surface area contributed by atoms with Crippen molar-refractivity contribution in [2.24, 2.45) is 7.05 Å². The molecule has 2 heterocycles. The summed E-state index contributed by atoms with van der Waals surface area (Å²) in [6.07, 6.45) is 1.44. The number of aromatic nitrogens is 4. The number of hydrogen-bond acceptors (Lipinski definition) is 8. The average Bonchev–Trinajstić information content (AvgIpc) is 2.97. The van der Waals surface area contributed by atoms with E-state index in [1.807, 2.05) is 0 Å². The monoisotopic (exact) mass is 280 g/mol. The number of rotatable bonds is 4. The number of nitriles is 1. The zero-order valence-electron chi connectivity index (χ0n) is 9.72. The van der Waals surface area contributed by atoms with Crippen LogP contribution in [0, 0.1) is 21.4 Å². The van der Waals surface area contributed by atoms with Crippen LogP contribution in [0.5, 0.6) is 0 Å². The lowest BCUT2D eigenvalue weighted by molar-refractivity contribution is -0.391. The van der Waals surface area contributed by atoms with Crippen molar-refractivity contribution in [3.8, 4) is 6.07 Å². The molecule has 0 aromatic carbocycles. The third-order valence-corrected chi connectivity index (χ3v) is 2.85. The van der Waals surface area contributed by atoms with Crippen LogP contribution >= 0.6 is 12.6 Å². The Labute approximate surface area is 112 Å². The fraction of sp³-hybridized carbons (Fsp3) is 0.333. The molecule has 10 heteroatoms. The van der Waals surface area contributed by atoms with Crippen molar-refractivity contribution < 1.29 is 9.34 Å². The summed E-state index contributed by atoms with van der Waals surface area (Å²) < 4.78 is 6.38. The molecular weight excluding hydrogens is 272 g/mol. The molecule has 0 spiro atoms. The molecule has 2 rings (SSSR count). The van der Waals surface area contributed by atoms with E-state index in [4.69, 9.17) is 9.68 Å². The van der Waals surface area contributed by atoms with Gasteiger partial charge in [0, 0.05) is 6.42 Å². The third kappa shape index (κ3) is 2.55. The van der Waals surface area contributed by atoms with E-state index in [-0.39, 0.29) is 24.0 Å². The summed E-state index contributed by atoms with van der Waals surface area (Å²) in [6, 6.07) is 1.71. The smallest absolute Gasteiger partial charge is 0.342 e. The largest absolute Gasteiger partial charge is 0.412 e. The lowest BCUT2D eigenvalue weighted by Gasteiger charge is -2.03. The Morgan fingerprint density at radius 1 is 1.68 bits per heavy atom. The van der Waals surface area contributed by atoms with Crippen LogP contribution in [0.15, 0.2) is 10.6 Å². The van der Waals surface area contributed by atoms with E-state index in [0.717, 1.165) is 0 Å². The minimum absolute atomic E-state index is 0.112. The fourth-order valence-electron chi connectivity index (χ4n) is 1.47. The van der Waals surface area contributed by atoms with E-state index in [2.05, 4.69) is 27.8 Å². The Hall–Kier alpha value is -2.41. The Morgan fingerprint density at radius 3 is 2.95 bits per heavy atom. The highest BCUT2D eigenvalue weighted by Gasteiger charge is 2.22. The van der Waals surface area contributed by atoms with Crippen LogP contribution in [0.2, 0.25) is 0 Å². The Balaban J connectivity index is 2.17. The Bertz CT molecular complexity index is 657. The lowest BCUT2D eigenvalue weighted by Crippen LogP contribution is -2.05. The van der Waals surface area contributed by atoms with Crippen molar-refractivity contribution in [3.05, 3.63) is 33.9 Å². The summed E-state index contributed by atoms with van der Waals surface area (Å²) in [6.45, 7) is 0. The maximum Gasteiger partial charge on any atom is 0.342 e. The quantitative estimate of drug-likeness (QED) is 0.499. The van der Waals surface area contributed by atoms with Crippen LogP contribution in [0.1, 0.15) is 22.9 Å². The number of nitro groups is 1. The van der Waals surface area contributed by atoms with E-state index in [0.29, 0.717) is 5.82 Å². The molecule has 0 aliphatic carbocycles. The van der Waals surface area contributed by atoms with Gasteiger partial charge in [0.1, 0.15) is 6.20 Å². The van der Waals surface area contributed by atoms with Crippen molar-refractivity contribution >= 4 is 18.4 Å². The van der Waals surface area contributed by atoms with E-state index in [9.17, 15) is 10.1 Å². The summed E-state index contributed by atoms with van der Waals surface area (Å²) in [4.78, 5) is 14.1. The minimum atomic E-state index is -0.523. The second kappa shape index (κ2) is 5.07. The summed E-state index contributed by atoms with van der Waals surface area (Å²) in [7, 11) is 1.54. The fourth-order valence-corrected chi connectivity index (χ4v) is 1.74. The molecule has 9 nitrogen and oxygen atoms in total. The van der Waals surface area contributed by atoms with Crippen molar-refractivity contribution in [2.45, 2.75) is 11.7 Å². The van der Waals surface area contributed by atoms with Crippen molar-refractivity contribution in [1.29, 1.82) is 5.26 Å². The first-order valence-electron chi connectivity index (χ1n) is 5.09. The number of imidazole rings is 1. The molecule has 98 valence electrons. The first kappa shape index (κ1) is 13.0. The van der Waals surface area contributed by atoms with Crippen LogP contribution in [-0.2, 0) is 13.5 Å². The molecule has 2 aromatic heterocycles. The van der Waals surface area contributed by atoms with Gasteiger partial charge in [-0.2, -0.15) is 17.9 Å². The normalized spacial score (nSPS) is 12.1. The van der Waals surface area contributed by atoms with Gasteiger partial charge in [-0.25, -0.2) is 9.55 Å². The predicted molar refractivity (Wildman–Crippen MR) is 64.3 cm³/mol. The van der Waals surface area contributed by atoms with Gasteiger partial charge in [-0.1, -0.05) is 5.10 Å². The molecule has 0 saturated carbocycles. The van der Waals surface area contributed by atoms with Gasteiger partial charge in [0.15, 0.2) is 11.9 Å². The molecule has 0 radical (unpaired) electrons. The summed E-state index contributed by atoms with van der Waals surface area (Å²) in [5.74, 6) is 0.368. The number of hydrogen-bond donors (Lipinski definition) is 1. The number of thiol groups is 1. The van der Waals surface area contributed by atoms with Crippen LogP contribution in [0.4, 0.5) is 5.82 Å². The van der Waals surface area contributed by atoms with E-state index in [1.165, 1.54) is 17.8 Å². The molecule has 0 fully saturated rings. The van der Waals surface area contributed by atoms with Gasteiger partial charge >= 0.3 is 11.7 Å². The molecule has 0 N–H and O–H groups in total. The van der Waals surface area contributed by atoms with Crippen molar-refractivity contribution in [2.75, 3.05) is 0 Å². The molecule has 19 heavy (non-hydrogen) atoms. The van der Waals surface area contributed by atoms with Gasteiger partial charge in [0.05, 0.1) is 12.3 Å². The summed E-state index contributed by atoms with van der Waals surface area (Å²) >= 11 is 4.26. The van der Waals surface area contributed by atoms with Crippen LogP contribution in [0.3, 0.4) is 0 Å². The van der Waals surface area contributed by atoms with E-state index in [1.54, 1.807) is 6.07 Å². The molecule has 1 atom stereocenters. The zero-order valence-corrected chi connectivity index (χ0v) is 10.6. The maximum absolute atomic E-state index is 10.7. The third-order valence-electron chi connectivity index (χ3n) is 2.44. The highest BCUT2D eigenvalue weighted by atomic mass is 32.1. The van der Waals surface area contributed by atoms with Gasteiger partial charge in [-0.3, -0.25) is 0 Å². The standard InChI is InChI=1S/C9H8N6O3S/c1-14-6(11-4-8(14)15(16)17)2-5(19)9-13-12-7(3-10)18-9/h4-5,19H,2H2,1H3. The highest BCUT2D eigenvalue weighted by molar-refractivity contribution is 7.80. The predicted octanol–water partition coefficient (Wildman–Crippen LogP) is 0.797. The Morgan fingerprint density at radius 2 is 2.42 bits per heavy atom. The van der Waals surface area contributed by atoms with Gasteiger partial charge in [0.2, 0.25) is 5.89 Å². The molecule has 0 saturated heterocycles. The van der Waals surface area contributed by atoms with Gasteiger partial charge in [-0.05, 0) is 4.92 Å². The molecule has 0 aliphatic heterocycles. The molecule has 1 unspecified atom stereocenters. The molecule has 0 bridgehead atoms. The molecule has 0 amide bonds. The Kier molecular flexibility index (Phi) is 3.48. The molecule has 0 aliphatic rings.